The highest BCUT2D eigenvalue weighted by Crippen LogP contribution is 2.13. The Kier molecular flexibility index (Phi) is 6.73. The van der Waals surface area contributed by atoms with Gasteiger partial charge in [0.25, 0.3) is 5.91 Å². The molecule has 1 rings (SSSR count). The molecular weight excluding hydrogens is 271 g/mol. The van der Waals surface area contributed by atoms with Gasteiger partial charge in [0.05, 0.1) is 18.4 Å². The van der Waals surface area contributed by atoms with Gasteiger partial charge in [0.1, 0.15) is 11.0 Å². The van der Waals surface area contributed by atoms with Crippen molar-refractivity contribution in [1.82, 2.24) is 10.3 Å². The number of hydrogen-bond donors (Lipinski definition) is 1. The lowest BCUT2D eigenvalue weighted by atomic mass is 10.1. The molecule has 0 radical (unpaired) electrons. The molecule has 106 valence electrons. The Labute approximate surface area is 117 Å². The average Bonchev–Trinajstić information content (AvgIpc) is 2.36. The maximum Gasteiger partial charge on any atom is 0.254 e. The summed E-state index contributed by atoms with van der Waals surface area (Å²) in [5.74, 6) is -0.459. The number of pyridine rings is 1. The topological polar surface area (TPSA) is 51.2 Å². The summed E-state index contributed by atoms with van der Waals surface area (Å²) in [6.45, 7) is 5.66. The third-order valence-electron chi connectivity index (χ3n) is 2.42. The van der Waals surface area contributed by atoms with Crippen LogP contribution in [0, 0.1) is 11.7 Å². The SMILES string of the molecule is CC(C)CCOCCNC(=O)c1cc(F)cnc1Cl. The zero-order valence-corrected chi connectivity index (χ0v) is 11.8. The van der Waals surface area contributed by atoms with E-state index in [0.717, 1.165) is 18.7 Å². The van der Waals surface area contributed by atoms with Gasteiger partial charge in [-0.25, -0.2) is 9.37 Å². The second kappa shape index (κ2) is 8.07. The van der Waals surface area contributed by atoms with E-state index in [1.165, 1.54) is 0 Å². The molecule has 6 heteroatoms. The highest BCUT2D eigenvalue weighted by molar-refractivity contribution is 6.32. The van der Waals surface area contributed by atoms with Gasteiger partial charge in [-0.1, -0.05) is 25.4 Å². The monoisotopic (exact) mass is 288 g/mol. The maximum atomic E-state index is 12.9. The highest BCUT2D eigenvalue weighted by atomic mass is 35.5. The summed E-state index contributed by atoms with van der Waals surface area (Å²) in [6.07, 6.45) is 1.95. The van der Waals surface area contributed by atoms with Gasteiger partial charge < -0.3 is 10.1 Å². The summed E-state index contributed by atoms with van der Waals surface area (Å²) in [6, 6.07) is 1.06. The van der Waals surface area contributed by atoms with Crippen LogP contribution in [0.25, 0.3) is 0 Å². The smallest absolute Gasteiger partial charge is 0.254 e. The normalized spacial score (nSPS) is 10.8. The number of nitrogens with one attached hydrogen (secondary N) is 1. The second-order valence-corrected chi connectivity index (χ2v) is 4.90. The second-order valence-electron chi connectivity index (χ2n) is 4.54. The molecule has 0 spiro atoms. The van der Waals surface area contributed by atoms with Crippen molar-refractivity contribution in [2.75, 3.05) is 19.8 Å². The number of rotatable bonds is 7. The standard InChI is InChI=1S/C13H18ClFN2O2/c1-9(2)3-5-19-6-4-16-13(18)11-7-10(15)8-17-12(11)14/h7-9H,3-6H2,1-2H3,(H,16,18). The van der Waals surface area contributed by atoms with Crippen molar-refractivity contribution in [2.45, 2.75) is 20.3 Å². The number of hydrogen-bond acceptors (Lipinski definition) is 3. The first-order valence-electron chi connectivity index (χ1n) is 6.17. The molecule has 19 heavy (non-hydrogen) atoms. The van der Waals surface area contributed by atoms with E-state index in [2.05, 4.69) is 24.1 Å². The van der Waals surface area contributed by atoms with Gasteiger partial charge in [0.15, 0.2) is 0 Å². The molecule has 1 aromatic rings. The van der Waals surface area contributed by atoms with Gasteiger partial charge >= 0.3 is 0 Å². The lowest BCUT2D eigenvalue weighted by Crippen LogP contribution is -2.28. The Balaban J connectivity index is 2.29. The molecule has 0 fully saturated rings. The first kappa shape index (κ1) is 15.9. The van der Waals surface area contributed by atoms with Gasteiger partial charge in [-0.15, -0.1) is 0 Å². The molecule has 4 nitrogen and oxygen atoms in total. The van der Waals surface area contributed by atoms with Crippen molar-refractivity contribution in [3.8, 4) is 0 Å². The third kappa shape index (κ3) is 5.98. The van der Waals surface area contributed by atoms with E-state index in [-0.39, 0.29) is 10.7 Å². The van der Waals surface area contributed by atoms with Crippen molar-refractivity contribution in [3.05, 3.63) is 28.8 Å². The van der Waals surface area contributed by atoms with Crippen molar-refractivity contribution >= 4 is 17.5 Å². The minimum atomic E-state index is -0.595. The minimum absolute atomic E-state index is 0.0142. The minimum Gasteiger partial charge on any atom is -0.380 e. The molecule has 0 aliphatic rings. The van der Waals surface area contributed by atoms with Crippen LogP contribution in [-0.2, 0) is 4.74 Å². The number of ether oxygens (including phenoxy) is 1. The van der Waals surface area contributed by atoms with Gasteiger partial charge in [0.2, 0.25) is 0 Å². The molecule has 0 aliphatic heterocycles. The fourth-order valence-electron chi connectivity index (χ4n) is 1.33. The summed E-state index contributed by atoms with van der Waals surface area (Å²) >= 11 is 5.72. The summed E-state index contributed by atoms with van der Waals surface area (Å²) in [5, 5.41) is 2.59. The molecule has 0 atom stereocenters. The fraction of sp³-hybridized carbons (Fsp3) is 0.538. The van der Waals surface area contributed by atoms with E-state index in [0.29, 0.717) is 25.7 Å². The Bertz CT molecular complexity index is 427. The highest BCUT2D eigenvalue weighted by Gasteiger charge is 2.11. The first-order valence-corrected chi connectivity index (χ1v) is 6.55. The lowest BCUT2D eigenvalue weighted by Gasteiger charge is -2.08. The van der Waals surface area contributed by atoms with Gasteiger partial charge in [-0.3, -0.25) is 4.79 Å². The van der Waals surface area contributed by atoms with E-state index in [4.69, 9.17) is 16.3 Å². The largest absolute Gasteiger partial charge is 0.380 e. The van der Waals surface area contributed by atoms with Crippen LogP contribution < -0.4 is 5.32 Å². The Morgan fingerprint density at radius 2 is 2.26 bits per heavy atom. The molecule has 0 bridgehead atoms. The van der Waals surface area contributed by atoms with E-state index < -0.39 is 11.7 Å². The number of carbonyl (C=O) groups excluding carboxylic acids is 1. The predicted molar refractivity (Wildman–Crippen MR) is 71.8 cm³/mol. The summed E-state index contributed by atoms with van der Waals surface area (Å²) in [7, 11) is 0. The van der Waals surface area contributed by atoms with Crippen molar-refractivity contribution < 1.29 is 13.9 Å². The van der Waals surface area contributed by atoms with Crippen LogP contribution in [0.2, 0.25) is 5.15 Å². The molecular formula is C13H18ClFN2O2. The number of amides is 1. The molecule has 0 saturated heterocycles. The molecule has 1 N–H and O–H groups in total. The van der Waals surface area contributed by atoms with E-state index in [9.17, 15) is 9.18 Å². The van der Waals surface area contributed by atoms with Crippen LogP contribution in [-0.4, -0.2) is 30.6 Å². The van der Waals surface area contributed by atoms with Crippen LogP contribution in [0.4, 0.5) is 4.39 Å². The lowest BCUT2D eigenvalue weighted by molar-refractivity contribution is 0.0905. The summed E-state index contributed by atoms with van der Waals surface area (Å²) < 4.78 is 18.3. The molecule has 0 saturated carbocycles. The van der Waals surface area contributed by atoms with Crippen LogP contribution in [0.15, 0.2) is 12.3 Å². The number of carbonyl (C=O) groups is 1. The quantitative estimate of drug-likeness (QED) is 0.620. The summed E-state index contributed by atoms with van der Waals surface area (Å²) in [4.78, 5) is 15.3. The fourth-order valence-corrected chi connectivity index (χ4v) is 1.52. The molecule has 0 unspecified atom stereocenters. The van der Waals surface area contributed by atoms with Crippen LogP contribution in [0.5, 0.6) is 0 Å². The maximum absolute atomic E-state index is 12.9. The molecule has 1 heterocycles. The molecule has 1 aromatic heterocycles. The van der Waals surface area contributed by atoms with Gasteiger partial charge in [-0.05, 0) is 18.4 Å². The van der Waals surface area contributed by atoms with Crippen LogP contribution in [0.1, 0.15) is 30.6 Å². The number of nitrogens with zero attached hydrogens (tertiary/aromatic N) is 1. The predicted octanol–water partition coefficient (Wildman–Crippen LogP) is 2.67. The van der Waals surface area contributed by atoms with Crippen molar-refractivity contribution in [2.24, 2.45) is 5.92 Å². The van der Waals surface area contributed by atoms with E-state index in [1.54, 1.807) is 0 Å². The zero-order chi connectivity index (χ0) is 14.3. The molecule has 0 aliphatic carbocycles. The van der Waals surface area contributed by atoms with Crippen molar-refractivity contribution in [1.29, 1.82) is 0 Å². The number of halogens is 2. The molecule has 1 amide bonds. The average molecular weight is 289 g/mol. The molecule has 0 aromatic carbocycles. The third-order valence-corrected chi connectivity index (χ3v) is 2.72. The zero-order valence-electron chi connectivity index (χ0n) is 11.1. The van der Waals surface area contributed by atoms with Gasteiger partial charge in [-0.2, -0.15) is 0 Å². The number of aromatic nitrogens is 1. The van der Waals surface area contributed by atoms with E-state index in [1.807, 2.05) is 0 Å². The first-order chi connectivity index (χ1) is 9.00. The Hall–Kier alpha value is -1.20. The van der Waals surface area contributed by atoms with E-state index >= 15 is 0 Å². The Morgan fingerprint density at radius 3 is 2.95 bits per heavy atom. The Morgan fingerprint density at radius 1 is 1.53 bits per heavy atom. The van der Waals surface area contributed by atoms with Crippen LogP contribution >= 0.6 is 11.6 Å². The summed E-state index contributed by atoms with van der Waals surface area (Å²) in [5.41, 5.74) is 0.0313. The van der Waals surface area contributed by atoms with Crippen LogP contribution in [0.3, 0.4) is 0 Å². The van der Waals surface area contributed by atoms with Crippen molar-refractivity contribution in [3.63, 3.8) is 0 Å². The van der Waals surface area contributed by atoms with Gasteiger partial charge in [0, 0.05) is 13.2 Å².